The number of anilines is 1. The third-order valence-electron chi connectivity index (χ3n) is 3.65. The number of aromatic nitrogens is 2. The Balaban J connectivity index is 1.65. The first kappa shape index (κ1) is 17.3. The van der Waals surface area contributed by atoms with E-state index in [0.29, 0.717) is 16.5 Å². The number of carbonyl (C=O) groups excluding carboxylic acids is 1. The van der Waals surface area contributed by atoms with E-state index in [4.69, 9.17) is 4.42 Å². The van der Waals surface area contributed by atoms with Crippen molar-refractivity contribution >= 4 is 22.4 Å². The van der Waals surface area contributed by atoms with Crippen LogP contribution in [0.5, 0.6) is 0 Å². The highest BCUT2D eigenvalue weighted by atomic mass is 32.1. The normalized spacial score (nSPS) is 10.8. The number of halogens is 1. The molecule has 1 aromatic carbocycles. The van der Waals surface area contributed by atoms with Crippen LogP contribution >= 0.6 is 11.3 Å². The molecule has 2 aromatic heterocycles. The number of carbonyl (C=O) groups is 1. The standard InChI is InChI=1S/C18H18FN3O2S/c1-2-3-4-9-16-21-22-18(25-16)20-17(23)15-11-10-14(24-15)12-7-5-6-8-13(12)19/h5-8,10-11H,2-4,9H2,1H3,(H,20,22,23). The summed E-state index contributed by atoms with van der Waals surface area (Å²) in [5, 5.41) is 12.0. The van der Waals surface area contributed by atoms with Crippen molar-refractivity contribution in [3.05, 3.63) is 53.0 Å². The summed E-state index contributed by atoms with van der Waals surface area (Å²) < 4.78 is 19.3. The molecule has 2 heterocycles. The fourth-order valence-corrected chi connectivity index (χ4v) is 3.13. The Morgan fingerprint density at radius 3 is 2.84 bits per heavy atom. The largest absolute Gasteiger partial charge is 0.451 e. The Bertz CT molecular complexity index is 859. The Morgan fingerprint density at radius 1 is 1.20 bits per heavy atom. The number of nitrogens with one attached hydrogen (secondary N) is 1. The van der Waals surface area contributed by atoms with Crippen LogP contribution in [0.4, 0.5) is 9.52 Å². The van der Waals surface area contributed by atoms with Gasteiger partial charge in [-0.05, 0) is 30.7 Å². The molecule has 1 amide bonds. The minimum atomic E-state index is -0.432. The molecule has 7 heteroatoms. The van der Waals surface area contributed by atoms with Crippen LogP contribution in [0.15, 0.2) is 40.8 Å². The topological polar surface area (TPSA) is 68.0 Å². The Hall–Kier alpha value is -2.54. The Morgan fingerprint density at radius 2 is 2.04 bits per heavy atom. The summed E-state index contributed by atoms with van der Waals surface area (Å²) in [5.74, 6) is -0.426. The van der Waals surface area contributed by atoms with Crippen molar-refractivity contribution in [1.29, 1.82) is 0 Å². The molecule has 0 radical (unpaired) electrons. The molecule has 0 unspecified atom stereocenters. The lowest BCUT2D eigenvalue weighted by Gasteiger charge is -1.99. The molecule has 0 aliphatic carbocycles. The van der Waals surface area contributed by atoms with Gasteiger partial charge >= 0.3 is 0 Å². The van der Waals surface area contributed by atoms with Crippen LogP contribution < -0.4 is 5.32 Å². The van der Waals surface area contributed by atoms with Gasteiger partial charge in [0.05, 0.1) is 5.56 Å². The minimum Gasteiger partial charge on any atom is -0.451 e. The van der Waals surface area contributed by atoms with Crippen LogP contribution in [-0.2, 0) is 6.42 Å². The number of hydrogen-bond donors (Lipinski definition) is 1. The van der Waals surface area contributed by atoms with E-state index in [0.717, 1.165) is 30.7 Å². The number of aryl methyl sites for hydroxylation is 1. The van der Waals surface area contributed by atoms with Gasteiger partial charge in [0.15, 0.2) is 5.76 Å². The fraction of sp³-hybridized carbons (Fsp3) is 0.278. The maximum absolute atomic E-state index is 13.8. The summed E-state index contributed by atoms with van der Waals surface area (Å²) in [5.41, 5.74) is 0.315. The van der Waals surface area contributed by atoms with Crippen molar-refractivity contribution in [3.8, 4) is 11.3 Å². The first-order chi connectivity index (χ1) is 12.2. The van der Waals surface area contributed by atoms with Gasteiger partial charge < -0.3 is 4.42 Å². The molecule has 0 bridgehead atoms. The third kappa shape index (κ3) is 4.30. The summed E-state index contributed by atoms with van der Waals surface area (Å²) in [6, 6.07) is 9.34. The number of rotatable bonds is 7. The van der Waals surface area contributed by atoms with Gasteiger partial charge in [0, 0.05) is 6.42 Å². The maximum Gasteiger partial charge on any atom is 0.293 e. The molecule has 0 atom stereocenters. The summed E-state index contributed by atoms with van der Waals surface area (Å²) in [7, 11) is 0. The van der Waals surface area contributed by atoms with E-state index in [1.807, 2.05) is 0 Å². The monoisotopic (exact) mass is 359 g/mol. The molecule has 3 aromatic rings. The molecular formula is C18H18FN3O2S. The molecule has 0 fully saturated rings. The predicted octanol–water partition coefficient (Wildman–Crippen LogP) is 4.92. The highest BCUT2D eigenvalue weighted by Crippen LogP contribution is 2.25. The second-order valence-electron chi connectivity index (χ2n) is 5.56. The lowest BCUT2D eigenvalue weighted by Crippen LogP contribution is -2.10. The van der Waals surface area contributed by atoms with Crippen LogP contribution in [-0.4, -0.2) is 16.1 Å². The first-order valence-electron chi connectivity index (χ1n) is 8.16. The van der Waals surface area contributed by atoms with Crippen molar-refractivity contribution in [2.75, 3.05) is 5.32 Å². The van der Waals surface area contributed by atoms with Crippen molar-refractivity contribution in [2.45, 2.75) is 32.6 Å². The zero-order valence-corrected chi connectivity index (χ0v) is 14.6. The SMILES string of the molecule is CCCCCc1nnc(NC(=O)c2ccc(-c3ccccc3F)o2)s1. The Labute approximate surface area is 148 Å². The van der Waals surface area contributed by atoms with E-state index >= 15 is 0 Å². The van der Waals surface area contributed by atoms with E-state index in [2.05, 4.69) is 22.4 Å². The van der Waals surface area contributed by atoms with E-state index in [-0.39, 0.29) is 5.76 Å². The number of nitrogens with zero attached hydrogens (tertiary/aromatic N) is 2. The average molecular weight is 359 g/mol. The second kappa shape index (κ2) is 8.02. The van der Waals surface area contributed by atoms with Gasteiger partial charge in [-0.3, -0.25) is 10.1 Å². The van der Waals surface area contributed by atoms with Crippen LogP contribution in [0.2, 0.25) is 0 Å². The molecule has 0 saturated carbocycles. The number of hydrogen-bond acceptors (Lipinski definition) is 5. The fourth-order valence-electron chi connectivity index (χ4n) is 2.36. The lowest BCUT2D eigenvalue weighted by molar-refractivity contribution is 0.0997. The van der Waals surface area contributed by atoms with Gasteiger partial charge in [-0.25, -0.2) is 4.39 Å². The second-order valence-corrected chi connectivity index (χ2v) is 6.62. The molecule has 3 rings (SSSR count). The minimum absolute atomic E-state index is 0.0981. The van der Waals surface area contributed by atoms with Gasteiger partial charge in [0.25, 0.3) is 5.91 Å². The number of unbranched alkanes of at least 4 members (excludes halogenated alkanes) is 2. The molecule has 1 N–H and O–H groups in total. The molecule has 0 aliphatic heterocycles. The van der Waals surface area contributed by atoms with Crippen molar-refractivity contribution in [1.82, 2.24) is 10.2 Å². The first-order valence-corrected chi connectivity index (χ1v) is 8.97. The van der Waals surface area contributed by atoms with E-state index < -0.39 is 11.7 Å². The number of benzene rings is 1. The molecule has 25 heavy (non-hydrogen) atoms. The van der Waals surface area contributed by atoms with E-state index in [1.165, 1.54) is 23.5 Å². The predicted molar refractivity (Wildman–Crippen MR) is 95.2 cm³/mol. The smallest absolute Gasteiger partial charge is 0.293 e. The van der Waals surface area contributed by atoms with Crippen LogP contribution in [0, 0.1) is 5.82 Å². The van der Waals surface area contributed by atoms with Gasteiger partial charge in [0.2, 0.25) is 5.13 Å². The van der Waals surface area contributed by atoms with E-state index in [9.17, 15) is 9.18 Å². The maximum atomic E-state index is 13.8. The zero-order chi connectivity index (χ0) is 17.6. The molecule has 5 nitrogen and oxygen atoms in total. The quantitative estimate of drug-likeness (QED) is 0.608. The number of furan rings is 1. The molecule has 0 spiro atoms. The van der Waals surface area contributed by atoms with Gasteiger partial charge in [0.1, 0.15) is 16.6 Å². The van der Waals surface area contributed by atoms with E-state index in [1.54, 1.807) is 24.3 Å². The molecule has 0 saturated heterocycles. The summed E-state index contributed by atoms with van der Waals surface area (Å²) >= 11 is 1.36. The Kier molecular flexibility index (Phi) is 5.55. The molecular weight excluding hydrogens is 341 g/mol. The van der Waals surface area contributed by atoms with Crippen molar-refractivity contribution in [3.63, 3.8) is 0 Å². The van der Waals surface area contributed by atoms with Crippen molar-refractivity contribution < 1.29 is 13.6 Å². The molecule has 0 aliphatic rings. The average Bonchev–Trinajstić information content (AvgIpc) is 3.25. The van der Waals surface area contributed by atoms with Gasteiger partial charge in [-0.15, -0.1) is 10.2 Å². The summed E-state index contributed by atoms with van der Waals surface area (Å²) in [6.45, 7) is 2.14. The van der Waals surface area contributed by atoms with Crippen molar-refractivity contribution in [2.24, 2.45) is 0 Å². The van der Waals surface area contributed by atoms with Crippen LogP contribution in [0.25, 0.3) is 11.3 Å². The van der Waals surface area contributed by atoms with Crippen LogP contribution in [0.1, 0.15) is 41.7 Å². The van der Waals surface area contributed by atoms with Crippen LogP contribution in [0.3, 0.4) is 0 Å². The lowest BCUT2D eigenvalue weighted by atomic mass is 10.1. The van der Waals surface area contributed by atoms with Gasteiger partial charge in [-0.1, -0.05) is 43.2 Å². The summed E-state index contributed by atoms with van der Waals surface area (Å²) in [4.78, 5) is 12.3. The number of amides is 1. The highest BCUT2D eigenvalue weighted by molar-refractivity contribution is 7.15. The highest BCUT2D eigenvalue weighted by Gasteiger charge is 2.16. The zero-order valence-electron chi connectivity index (χ0n) is 13.8. The summed E-state index contributed by atoms with van der Waals surface area (Å²) in [6.07, 6.45) is 4.21. The molecule has 130 valence electrons. The van der Waals surface area contributed by atoms with Gasteiger partial charge in [-0.2, -0.15) is 0 Å². The third-order valence-corrected chi connectivity index (χ3v) is 4.55.